The highest BCUT2D eigenvalue weighted by atomic mass is 16.5. The van der Waals surface area contributed by atoms with Gasteiger partial charge in [0.05, 0.1) is 36.1 Å². The molecule has 0 saturated carbocycles. The van der Waals surface area contributed by atoms with E-state index in [0.717, 1.165) is 53.1 Å². The van der Waals surface area contributed by atoms with Gasteiger partial charge < -0.3 is 15.4 Å². The Bertz CT molecular complexity index is 1510. The predicted octanol–water partition coefficient (Wildman–Crippen LogP) is 2.72. The Labute approximate surface area is 201 Å². The molecule has 2 atom stereocenters. The van der Waals surface area contributed by atoms with Crippen LogP contribution in [0.4, 0.5) is 11.5 Å². The van der Waals surface area contributed by atoms with E-state index in [-0.39, 0.29) is 0 Å². The molecule has 3 N–H and O–H groups in total. The van der Waals surface area contributed by atoms with Gasteiger partial charge in [0.1, 0.15) is 5.82 Å². The number of fused-ring (bicyclic) bond motifs is 5. The first-order valence-corrected chi connectivity index (χ1v) is 11.7. The first-order chi connectivity index (χ1) is 17.2. The summed E-state index contributed by atoms with van der Waals surface area (Å²) in [6, 6.07) is 11.3. The topological polar surface area (TPSA) is 113 Å². The number of piperazine rings is 1. The molecule has 0 radical (unpaired) electrons. The lowest BCUT2D eigenvalue weighted by atomic mass is 9.87. The summed E-state index contributed by atoms with van der Waals surface area (Å²) in [6.45, 7) is 2.88. The zero-order valence-electron chi connectivity index (χ0n) is 19.3. The number of pyridine rings is 3. The monoisotopic (exact) mass is 467 g/mol. The number of nitrogens with one attached hydrogen (secondary N) is 1. The molecule has 0 spiro atoms. The fourth-order valence-electron chi connectivity index (χ4n) is 5.51. The normalized spacial score (nSPS) is 19.9. The van der Waals surface area contributed by atoms with E-state index in [1.165, 1.54) is 12.0 Å². The van der Waals surface area contributed by atoms with Crippen LogP contribution >= 0.6 is 0 Å². The van der Waals surface area contributed by atoms with Crippen LogP contribution in [0.1, 0.15) is 12.0 Å². The maximum atomic E-state index is 6.17. The zero-order valence-corrected chi connectivity index (χ0v) is 19.3. The third kappa shape index (κ3) is 3.28. The molecule has 0 aliphatic carbocycles. The third-order valence-electron chi connectivity index (χ3n) is 7.25. The quantitative estimate of drug-likeness (QED) is 0.406. The number of piperidine rings is 1. The molecule has 35 heavy (non-hydrogen) atoms. The van der Waals surface area contributed by atoms with E-state index < -0.39 is 0 Å². The van der Waals surface area contributed by atoms with E-state index in [1.807, 2.05) is 35.2 Å². The maximum Gasteiger partial charge on any atom is 0.212 e. The number of rotatable bonds is 5. The third-order valence-corrected chi connectivity index (χ3v) is 7.25. The molecule has 8 rings (SSSR count). The number of anilines is 2. The van der Waals surface area contributed by atoms with Crippen LogP contribution in [-0.4, -0.2) is 67.0 Å². The van der Waals surface area contributed by atoms with Crippen molar-refractivity contribution in [2.45, 2.75) is 25.0 Å². The number of aromatic amines is 1. The molecule has 176 valence electrons. The molecule has 3 aliphatic heterocycles. The standard InChI is InChI=1S/C25H25N9O/c1-35-23-5-2-15(8-28-23)11-33-18-7-19(33)14-32(13-18)22-4-3-16(9-27-22)20-6-17(26)12-34-24(20)21-10-29-30-25(21)31-34/h2-6,8-10,12,18-19H,7,11,13-14,26H2,1H3,(H,30,31). The minimum absolute atomic E-state index is 0.534. The van der Waals surface area contributed by atoms with E-state index in [4.69, 9.17) is 15.5 Å². The lowest BCUT2D eigenvalue weighted by Gasteiger charge is -2.56. The molecule has 2 bridgehead atoms. The lowest BCUT2D eigenvalue weighted by Crippen LogP contribution is -2.68. The number of nitrogens with two attached hydrogens (primary N) is 1. The van der Waals surface area contributed by atoms with Crippen molar-refractivity contribution < 1.29 is 4.74 Å². The molecule has 5 aromatic heterocycles. The van der Waals surface area contributed by atoms with Crippen LogP contribution in [0.25, 0.3) is 27.7 Å². The number of ether oxygens (including phenoxy) is 1. The van der Waals surface area contributed by atoms with Crippen LogP contribution < -0.4 is 15.4 Å². The SMILES string of the molecule is COc1ccc(CN2C3CC2CN(c2ccc(-c4cc(N)cn5nc6[nH]ncc6c45)cn2)C3)cn1. The number of hydrogen-bond acceptors (Lipinski definition) is 8. The summed E-state index contributed by atoms with van der Waals surface area (Å²) in [5, 5.41) is 12.6. The van der Waals surface area contributed by atoms with Crippen molar-refractivity contribution in [1.82, 2.24) is 34.7 Å². The number of nitrogen functional groups attached to an aromatic ring is 1. The fraction of sp³-hybridized carbons (Fsp3) is 0.280. The number of aromatic nitrogens is 6. The number of methoxy groups -OCH3 is 1. The van der Waals surface area contributed by atoms with Gasteiger partial charge in [-0.2, -0.15) is 5.10 Å². The van der Waals surface area contributed by atoms with Gasteiger partial charge in [-0.15, -0.1) is 5.10 Å². The predicted molar refractivity (Wildman–Crippen MR) is 133 cm³/mol. The van der Waals surface area contributed by atoms with Gasteiger partial charge in [-0.25, -0.2) is 14.5 Å². The molecule has 0 amide bonds. The summed E-state index contributed by atoms with van der Waals surface area (Å²) in [5.74, 6) is 1.66. The maximum absolute atomic E-state index is 6.17. The Morgan fingerprint density at radius 3 is 2.71 bits per heavy atom. The second-order valence-corrected chi connectivity index (χ2v) is 9.35. The van der Waals surface area contributed by atoms with Crippen LogP contribution in [0.15, 0.2) is 55.1 Å². The Morgan fingerprint density at radius 2 is 1.97 bits per heavy atom. The molecule has 3 fully saturated rings. The molecular weight excluding hydrogens is 442 g/mol. The van der Waals surface area contributed by atoms with Crippen LogP contribution in [0.3, 0.4) is 0 Å². The average molecular weight is 468 g/mol. The van der Waals surface area contributed by atoms with Gasteiger partial charge >= 0.3 is 0 Å². The molecular formula is C25H25N9O. The van der Waals surface area contributed by atoms with Crippen molar-refractivity contribution in [3.8, 4) is 17.0 Å². The molecule has 5 aromatic rings. The van der Waals surface area contributed by atoms with E-state index in [1.54, 1.807) is 13.3 Å². The molecule has 2 unspecified atom stereocenters. The first kappa shape index (κ1) is 20.2. The smallest absolute Gasteiger partial charge is 0.212 e. The summed E-state index contributed by atoms with van der Waals surface area (Å²) >= 11 is 0. The highest BCUT2D eigenvalue weighted by molar-refractivity contribution is 6.01. The van der Waals surface area contributed by atoms with Gasteiger partial charge in [0.15, 0.2) is 5.65 Å². The summed E-state index contributed by atoms with van der Waals surface area (Å²) in [6.07, 6.45) is 8.70. The van der Waals surface area contributed by atoms with E-state index in [2.05, 4.69) is 48.3 Å². The highest BCUT2D eigenvalue weighted by Crippen LogP contribution is 2.36. The fourth-order valence-corrected chi connectivity index (χ4v) is 5.51. The lowest BCUT2D eigenvalue weighted by molar-refractivity contribution is -0.00876. The van der Waals surface area contributed by atoms with Crippen molar-refractivity contribution in [1.29, 1.82) is 0 Å². The second kappa shape index (κ2) is 7.67. The van der Waals surface area contributed by atoms with E-state index >= 15 is 0 Å². The molecule has 3 saturated heterocycles. The number of H-pyrrole nitrogens is 1. The van der Waals surface area contributed by atoms with Crippen molar-refractivity contribution >= 4 is 28.1 Å². The molecule has 3 aliphatic rings. The van der Waals surface area contributed by atoms with Crippen LogP contribution in [0, 0.1) is 0 Å². The van der Waals surface area contributed by atoms with Crippen molar-refractivity contribution in [2.24, 2.45) is 0 Å². The Morgan fingerprint density at radius 1 is 1.09 bits per heavy atom. The Balaban J connectivity index is 1.10. The van der Waals surface area contributed by atoms with E-state index in [0.29, 0.717) is 23.7 Å². The molecule has 8 heterocycles. The van der Waals surface area contributed by atoms with Crippen molar-refractivity contribution in [3.63, 3.8) is 0 Å². The Hall–Kier alpha value is -4.18. The van der Waals surface area contributed by atoms with Gasteiger partial charge in [-0.05, 0) is 30.2 Å². The van der Waals surface area contributed by atoms with Gasteiger partial charge in [0.2, 0.25) is 5.88 Å². The minimum atomic E-state index is 0.534. The summed E-state index contributed by atoms with van der Waals surface area (Å²) in [5.41, 5.74) is 11.8. The van der Waals surface area contributed by atoms with Crippen LogP contribution in [-0.2, 0) is 6.54 Å². The summed E-state index contributed by atoms with van der Waals surface area (Å²) < 4.78 is 6.99. The van der Waals surface area contributed by atoms with Gasteiger partial charge in [0.25, 0.3) is 0 Å². The number of hydrogen-bond donors (Lipinski definition) is 2. The van der Waals surface area contributed by atoms with Crippen molar-refractivity contribution in [2.75, 3.05) is 30.8 Å². The largest absolute Gasteiger partial charge is 0.481 e. The first-order valence-electron chi connectivity index (χ1n) is 11.7. The van der Waals surface area contributed by atoms with Crippen LogP contribution in [0.2, 0.25) is 0 Å². The molecule has 10 nitrogen and oxygen atoms in total. The van der Waals surface area contributed by atoms with Gasteiger partial charge in [0, 0.05) is 61.3 Å². The van der Waals surface area contributed by atoms with Crippen molar-refractivity contribution in [3.05, 3.63) is 60.7 Å². The number of nitrogens with zero attached hydrogens (tertiary/aromatic N) is 7. The average Bonchev–Trinajstić information content (AvgIpc) is 3.48. The van der Waals surface area contributed by atoms with Gasteiger partial charge in [-0.3, -0.25) is 10.00 Å². The molecule has 10 heteroatoms. The molecule has 0 aromatic carbocycles. The minimum Gasteiger partial charge on any atom is -0.481 e. The highest BCUT2D eigenvalue weighted by Gasteiger charge is 2.44. The summed E-state index contributed by atoms with van der Waals surface area (Å²) in [7, 11) is 1.64. The zero-order chi connectivity index (χ0) is 23.5. The van der Waals surface area contributed by atoms with E-state index in [9.17, 15) is 0 Å². The Kier molecular flexibility index (Phi) is 4.43. The van der Waals surface area contributed by atoms with Crippen LogP contribution in [0.5, 0.6) is 5.88 Å². The second-order valence-electron chi connectivity index (χ2n) is 9.35. The van der Waals surface area contributed by atoms with Gasteiger partial charge in [-0.1, -0.05) is 6.07 Å². The summed E-state index contributed by atoms with van der Waals surface area (Å²) in [4.78, 5) is 14.2.